The standard InChI is InChI=1S/C16H16N4OS/c1-12-15(10-13(11-17)14-4-2-3-5-18-14)22-16(19-12)20-6-8-21-9-7-20/h2-5,10H,6-9H2,1H3/b13-10-. The zero-order chi connectivity index (χ0) is 15.4. The van der Waals surface area contributed by atoms with Crippen LogP contribution in [-0.2, 0) is 4.74 Å². The Balaban J connectivity index is 1.90. The predicted molar refractivity (Wildman–Crippen MR) is 87.6 cm³/mol. The van der Waals surface area contributed by atoms with Gasteiger partial charge in [0.1, 0.15) is 6.07 Å². The van der Waals surface area contributed by atoms with Gasteiger partial charge < -0.3 is 9.64 Å². The molecule has 0 bridgehead atoms. The van der Waals surface area contributed by atoms with Crippen molar-refractivity contribution in [1.29, 1.82) is 5.26 Å². The summed E-state index contributed by atoms with van der Waals surface area (Å²) in [6.45, 7) is 5.17. The normalized spacial score (nSPS) is 15.6. The highest BCUT2D eigenvalue weighted by molar-refractivity contribution is 7.16. The van der Waals surface area contributed by atoms with Crippen molar-refractivity contribution in [2.75, 3.05) is 31.2 Å². The van der Waals surface area contributed by atoms with Crippen LogP contribution in [0.3, 0.4) is 0 Å². The highest BCUT2D eigenvalue weighted by Crippen LogP contribution is 2.29. The largest absolute Gasteiger partial charge is 0.378 e. The van der Waals surface area contributed by atoms with Crippen molar-refractivity contribution in [1.82, 2.24) is 9.97 Å². The molecule has 3 rings (SSSR count). The molecule has 3 heterocycles. The predicted octanol–water partition coefficient (Wildman–Crippen LogP) is 2.75. The van der Waals surface area contributed by atoms with Crippen molar-refractivity contribution in [3.05, 3.63) is 40.7 Å². The maximum atomic E-state index is 9.39. The number of rotatable bonds is 3. The topological polar surface area (TPSA) is 62.0 Å². The zero-order valence-electron chi connectivity index (χ0n) is 12.3. The van der Waals surface area contributed by atoms with E-state index in [0.29, 0.717) is 11.3 Å². The van der Waals surface area contributed by atoms with Gasteiger partial charge in [0.05, 0.1) is 35.1 Å². The lowest BCUT2D eigenvalue weighted by Gasteiger charge is -2.25. The molecule has 0 unspecified atom stereocenters. The molecule has 0 radical (unpaired) electrons. The summed E-state index contributed by atoms with van der Waals surface area (Å²) < 4.78 is 5.37. The molecule has 0 N–H and O–H groups in total. The Hall–Kier alpha value is -2.23. The number of pyridine rings is 1. The molecule has 1 aliphatic heterocycles. The maximum absolute atomic E-state index is 9.39. The van der Waals surface area contributed by atoms with E-state index in [1.807, 2.05) is 31.2 Å². The van der Waals surface area contributed by atoms with Crippen LogP contribution in [-0.4, -0.2) is 36.3 Å². The van der Waals surface area contributed by atoms with Crippen LogP contribution < -0.4 is 4.90 Å². The number of hydrogen-bond donors (Lipinski definition) is 0. The van der Waals surface area contributed by atoms with Crippen LogP contribution in [0.25, 0.3) is 11.6 Å². The molecule has 0 aliphatic carbocycles. The second-order valence-electron chi connectivity index (χ2n) is 4.93. The van der Waals surface area contributed by atoms with Gasteiger partial charge in [-0.05, 0) is 25.1 Å². The molecule has 2 aromatic heterocycles. The number of allylic oxidation sites excluding steroid dienone is 1. The van der Waals surface area contributed by atoms with Crippen molar-refractivity contribution in [3.63, 3.8) is 0 Å². The van der Waals surface area contributed by atoms with Gasteiger partial charge in [-0.2, -0.15) is 5.26 Å². The van der Waals surface area contributed by atoms with E-state index in [0.717, 1.165) is 42.0 Å². The van der Waals surface area contributed by atoms with Gasteiger partial charge in [-0.25, -0.2) is 4.98 Å². The summed E-state index contributed by atoms with van der Waals surface area (Å²) in [5.41, 5.74) is 2.18. The highest BCUT2D eigenvalue weighted by atomic mass is 32.1. The lowest BCUT2D eigenvalue weighted by atomic mass is 10.1. The SMILES string of the molecule is Cc1nc(N2CCOCC2)sc1/C=C(/C#N)c1ccccn1. The minimum absolute atomic E-state index is 0.556. The number of aromatic nitrogens is 2. The van der Waals surface area contributed by atoms with Crippen molar-refractivity contribution >= 4 is 28.1 Å². The van der Waals surface area contributed by atoms with Gasteiger partial charge in [0.25, 0.3) is 0 Å². The Bertz CT molecular complexity index is 711. The van der Waals surface area contributed by atoms with E-state index in [9.17, 15) is 5.26 Å². The van der Waals surface area contributed by atoms with Gasteiger partial charge >= 0.3 is 0 Å². The molecule has 112 valence electrons. The zero-order valence-corrected chi connectivity index (χ0v) is 13.1. The van der Waals surface area contributed by atoms with Gasteiger partial charge in [-0.1, -0.05) is 17.4 Å². The first-order chi connectivity index (χ1) is 10.8. The Morgan fingerprint density at radius 2 is 2.23 bits per heavy atom. The lowest BCUT2D eigenvalue weighted by molar-refractivity contribution is 0.122. The number of anilines is 1. The molecule has 1 fully saturated rings. The summed E-state index contributed by atoms with van der Waals surface area (Å²) in [6, 6.07) is 7.79. The molecule has 0 aromatic carbocycles. The van der Waals surface area contributed by atoms with Gasteiger partial charge in [-0.15, -0.1) is 0 Å². The van der Waals surface area contributed by atoms with E-state index < -0.39 is 0 Å². The molecular weight excluding hydrogens is 296 g/mol. The molecule has 0 spiro atoms. The quantitative estimate of drug-likeness (QED) is 0.816. The third-order valence-corrected chi connectivity index (χ3v) is 4.60. The monoisotopic (exact) mass is 312 g/mol. The molecule has 5 nitrogen and oxygen atoms in total. The molecular formula is C16H16N4OS. The van der Waals surface area contributed by atoms with E-state index in [1.54, 1.807) is 17.5 Å². The number of thiazole rings is 1. The molecule has 1 saturated heterocycles. The average Bonchev–Trinajstić information content (AvgIpc) is 2.95. The number of nitriles is 1. The first kappa shape index (κ1) is 14.7. The van der Waals surface area contributed by atoms with E-state index >= 15 is 0 Å². The number of aryl methyl sites for hydroxylation is 1. The number of hydrogen-bond acceptors (Lipinski definition) is 6. The summed E-state index contributed by atoms with van der Waals surface area (Å²) in [6.07, 6.45) is 3.57. The number of nitrogens with zero attached hydrogens (tertiary/aromatic N) is 4. The van der Waals surface area contributed by atoms with Crippen molar-refractivity contribution in [3.8, 4) is 6.07 Å². The minimum atomic E-state index is 0.556. The van der Waals surface area contributed by atoms with Crippen molar-refractivity contribution < 1.29 is 4.74 Å². The second kappa shape index (κ2) is 6.69. The third kappa shape index (κ3) is 3.16. The Morgan fingerprint density at radius 1 is 1.41 bits per heavy atom. The fraction of sp³-hybridized carbons (Fsp3) is 0.312. The summed E-state index contributed by atoms with van der Waals surface area (Å²) >= 11 is 1.61. The first-order valence-corrected chi connectivity index (χ1v) is 7.93. The van der Waals surface area contributed by atoms with Crippen LogP contribution in [0.5, 0.6) is 0 Å². The Kier molecular flexibility index (Phi) is 4.47. The fourth-order valence-electron chi connectivity index (χ4n) is 2.23. The van der Waals surface area contributed by atoms with Gasteiger partial charge in [-0.3, -0.25) is 4.98 Å². The molecule has 0 atom stereocenters. The van der Waals surface area contributed by atoms with E-state index in [4.69, 9.17) is 4.74 Å². The molecule has 0 saturated carbocycles. The molecule has 6 heteroatoms. The van der Waals surface area contributed by atoms with Crippen LogP contribution in [0.15, 0.2) is 24.4 Å². The van der Waals surface area contributed by atoms with Crippen molar-refractivity contribution in [2.45, 2.75) is 6.92 Å². The Labute approximate surface area is 133 Å². The lowest BCUT2D eigenvalue weighted by Crippen LogP contribution is -2.36. The average molecular weight is 312 g/mol. The van der Waals surface area contributed by atoms with Crippen LogP contribution >= 0.6 is 11.3 Å². The summed E-state index contributed by atoms with van der Waals surface area (Å²) in [4.78, 5) is 12.1. The van der Waals surface area contributed by atoms with Crippen LogP contribution in [0.1, 0.15) is 16.3 Å². The maximum Gasteiger partial charge on any atom is 0.186 e. The van der Waals surface area contributed by atoms with Crippen LogP contribution in [0, 0.1) is 18.3 Å². The Morgan fingerprint density at radius 3 is 2.91 bits per heavy atom. The summed E-state index contributed by atoms with van der Waals surface area (Å²) in [7, 11) is 0. The van der Waals surface area contributed by atoms with Crippen molar-refractivity contribution in [2.24, 2.45) is 0 Å². The molecule has 22 heavy (non-hydrogen) atoms. The third-order valence-electron chi connectivity index (χ3n) is 3.44. The first-order valence-electron chi connectivity index (χ1n) is 7.11. The van der Waals surface area contributed by atoms with E-state index in [2.05, 4.69) is 20.9 Å². The van der Waals surface area contributed by atoms with Gasteiger partial charge in [0.15, 0.2) is 5.13 Å². The van der Waals surface area contributed by atoms with Gasteiger partial charge in [0.2, 0.25) is 0 Å². The smallest absolute Gasteiger partial charge is 0.186 e. The fourth-order valence-corrected chi connectivity index (χ4v) is 3.30. The minimum Gasteiger partial charge on any atom is -0.378 e. The van der Waals surface area contributed by atoms with E-state index in [1.165, 1.54) is 0 Å². The number of morpholine rings is 1. The van der Waals surface area contributed by atoms with E-state index in [-0.39, 0.29) is 0 Å². The molecule has 2 aromatic rings. The number of ether oxygens (including phenoxy) is 1. The van der Waals surface area contributed by atoms with Gasteiger partial charge in [0, 0.05) is 19.3 Å². The summed E-state index contributed by atoms with van der Waals surface area (Å²) in [5, 5.41) is 10.4. The van der Waals surface area contributed by atoms with Crippen LogP contribution in [0.2, 0.25) is 0 Å². The van der Waals surface area contributed by atoms with Crippen LogP contribution in [0.4, 0.5) is 5.13 Å². The molecule has 0 amide bonds. The highest BCUT2D eigenvalue weighted by Gasteiger charge is 2.16. The second-order valence-corrected chi connectivity index (χ2v) is 5.94. The summed E-state index contributed by atoms with van der Waals surface area (Å²) in [5.74, 6) is 0. The molecule has 1 aliphatic rings.